The minimum Gasteiger partial charge on any atom is -0.389 e. The van der Waals surface area contributed by atoms with E-state index in [1.54, 1.807) is 11.3 Å². The van der Waals surface area contributed by atoms with Crippen molar-refractivity contribution in [2.24, 2.45) is 0 Å². The van der Waals surface area contributed by atoms with Crippen molar-refractivity contribution in [2.45, 2.75) is 50.7 Å². The van der Waals surface area contributed by atoms with E-state index in [-0.39, 0.29) is 0 Å². The summed E-state index contributed by atoms with van der Waals surface area (Å²) < 4.78 is 0. The molecule has 1 aliphatic carbocycles. The predicted molar refractivity (Wildman–Crippen MR) is 73.7 cm³/mol. The molecule has 1 aromatic rings. The summed E-state index contributed by atoms with van der Waals surface area (Å²) in [4.78, 5) is 1.23. The summed E-state index contributed by atoms with van der Waals surface area (Å²) in [5.41, 5.74) is -0.489. The molecule has 4 heteroatoms. The van der Waals surface area contributed by atoms with Crippen LogP contribution in [0.15, 0.2) is 11.4 Å². The highest BCUT2D eigenvalue weighted by Gasteiger charge is 2.27. The first-order valence-electron chi connectivity index (χ1n) is 6.34. The normalized spacial score (nSPS) is 20.1. The second-order valence-electron chi connectivity index (χ2n) is 4.97. The number of halogens is 1. The molecule has 0 aliphatic heterocycles. The van der Waals surface area contributed by atoms with Gasteiger partial charge in [-0.25, -0.2) is 0 Å². The lowest BCUT2D eigenvalue weighted by Gasteiger charge is -2.26. The highest BCUT2D eigenvalue weighted by molar-refractivity contribution is 7.10. The minimum atomic E-state index is -0.489. The monoisotopic (exact) mass is 273 g/mol. The van der Waals surface area contributed by atoms with Crippen LogP contribution in [0, 0.1) is 0 Å². The highest BCUT2D eigenvalue weighted by atomic mass is 35.5. The van der Waals surface area contributed by atoms with Crippen LogP contribution < -0.4 is 5.32 Å². The largest absolute Gasteiger partial charge is 0.389 e. The van der Waals surface area contributed by atoms with E-state index < -0.39 is 5.60 Å². The third kappa shape index (κ3) is 4.25. The van der Waals surface area contributed by atoms with Gasteiger partial charge in [0.2, 0.25) is 0 Å². The van der Waals surface area contributed by atoms with Gasteiger partial charge in [0.25, 0.3) is 0 Å². The van der Waals surface area contributed by atoms with Gasteiger partial charge in [0.1, 0.15) is 0 Å². The SMILES string of the molecule is OC1(CNCc2cc(Cl)cs2)CCCCCC1. The van der Waals surface area contributed by atoms with Gasteiger partial charge in [-0.3, -0.25) is 0 Å². The van der Waals surface area contributed by atoms with Crippen molar-refractivity contribution >= 4 is 22.9 Å². The van der Waals surface area contributed by atoms with Crippen LogP contribution in [-0.2, 0) is 6.54 Å². The van der Waals surface area contributed by atoms with Crippen molar-refractivity contribution < 1.29 is 5.11 Å². The van der Waals surface area contributed by atoms with E-state index in [9.17, 15) is 5.11 Å². The van der Waals surface area contributed by atoms with Gasteiger partial charge < -0.3 is 10.4 Å². The summed E-state index contributed by atoms with van der Waals surface area (Å²) in [5.74, 6) is 0. The molecule has 0 unspecified atom stereocenters. The molecule has 1 aliphatic rings. The fourth-order valence-electron chi connectivity index (χ4n) is 2.43. The standard InChI is InChI=1S/C13H20ClNOS/c14-11-7-12(17-9-11)8-15-10-13(16)5-3-1-2-4-6-13/h7,9,15-16H,1-6,8,10H2. The molecule has 0 atom stereocenters. The molecule has 0 saturated heterocycles. The van der Waals surface area contributed by atoms with Crippen molar-refractivity contribution in [1.29, 1.82) is 0 Å². The summed E-state index contributed by atoms with van der Waals surface area (Å²) in [7, 11) is 0. The number of aliphatic hydroxyl groups is 1. The Morgan fingerprint density at radius 2 is 2.00 bits per heavy atom. The van der Waals surface area contributed by atoms with Gasteiger partial charge in [0.15, 0.2) is 0 Å². The van der Waals surface area contributed by atoms with Gasteiger partial charge in [-0.15, -0.1) is 11.3 Å². The molecular weight excluding hydrogens is 254 g/mol. The third-order valence-electron chi connectivity index (χ3n) is 3.41. The molecule has 2 N–H and O–H groups in total. The lowest BCUT2D eigenvalue weighted by molar-refractivity contribution is 0.0251. The molecular formula is C13H20ClNOS. The Morgan fingerprint density at radius 3 is 2.59 bits per heavy atom. The average Bonchev–Trinajstić information content (AvgIpc) is 2.58. The molecule has 0 aromatic carbocycles. The molecule has 0 spiro atoms. The van der Waals surface area contributed by atoms with Crippen LogP contribution in [0.2, 0.25) is 5.02 Å². The maximum atomic E-state index is 10.4. The first-order chi connectivity index (χ1) is 8.18. The Labute approximate surface area is 112 Å². The molecule has 2 rings (SSSR count). The van der Waals surface area contributed by atoms with Crippen molar-refractivity contribution in [3.8, 4) is 0 Å². The summed E-state index contributed by atoms with van der Waals surface area (Å²) in [6.07, 6.45) is 6.72. The lowest BCUT2D eigenvalue weighted by atomic mass is 9.94. The van der Waals surface area contributed by atoms with Gasteiger partial charge in [-0.2, -0.15) is 0 Å². The summed E-state index contributed by atoms with van der Waals surface area (Å²) in [5, 5.41) is 16.6. The summed E-state index contributed by atoms with van der Waals surface area (Å²) in [6.45, 7) is 1.50. The Hall–Kier alpha value is -0.0900. The van der Waals surface area contributed by atoms with E-state index in [4.69, 9.17) is 11.6 Å². The quantitative estimate of drug-likeness (QED) is 0.822. The predicted octanol–water partition coefficient (Wildman–Crippen LogP) is 3.58. The van der Waals surface area contributed by atoms with E-state index in [2.05, 4.69) is 5.32 Å². The number of hydrogen-bond donors (Lipinski definition) is 2. The average molecular weight is 274 g/mol. The number of thiophene rings is 1. The first kappa shape index (κ1) is 13.3. The molecule has 1 aromatic heterocycles. The number of nitrogens with one attached hydrogen (secondary N) is 1. The van der Waals surface area contributed by atoms with Crippen molar-refractivity contribution in [1.82, 2.24) is 5.32 Å². The third-order valence-corrected chi connectivity index (χ3v) is 4.69. The zero-order valence-corrected chi connectivity index (χ0v) is 11.6. The molecule has 1 saturated carbocycles. The van der Waals surface area contributed by atoms with Gasteiger partial charge in [-0.05, 0) is 18.9 Å². The van der Waals surface area contributed by atoms with E-state index >= 15 is 0 Å². The Balaban J connectivity index is 1.76. The number of rotatable bonds is 4. The van der Waals surface area contributed by atoms with Crippen molar-refractivity contribution in [3.63, 3.8) is 0 Å². The van der Waals surface area contributed by atoms with Crippen LogP contribution in [0.1, 0.15) is 43.4 Å². The van der Waals surface area contributed by atoms with Crippen LogP contribution in [-0.4, -0.2) is 17.3 Å². The van der Waals surface area contributed by atoms with Crippen LogP contribution in [0.5, 0.6) is 0 Å². The van der Waals surface area contributed by atoms with Crippen LogP contribution in [0.3, 0.4) is 0 Å². The molecule has 1 fully saturated rings. The fourth-order valence-corrected chi connectivity index (χ4v) is 3.47. The first-order valence-corrected chi connectivity index (χ1v) is 7.60. The molecule has 96 valence electrons. The maximum absolute atomic E-state index is 10.4. The fraction of sp³-hybridized carbons (Fsp3) is 0.692. The molecule has 0 radical (unpaired) electrons. The molecule has 0 amide bonds. The molecule has 17 heavy (non-hydrogen) atoms. The van der Waals surface area contributed by atoms with E-state index in [0.717, 1.165) is 37.3 Å². The van der Waals surface area contributed by atoms with E-state index in [0.29, 0.717) is 6.54 Å². The van der Waals surface area contributed by atoms with Crippen LogP contribution in [0.4, 0.5) is 0 Å². The van der Waals surface area contributed by atoms with Crippen molar-refractivity contribution in [2.75, 3.05) is 6.54 Å². The summed E-state index contributed by atoms with van der Waals surface area (Å²) in [6, 6.07) is 1.98. The van der Waals surface area contributed by atoms with E-state index in [1.807, 2.05) is 11.4 Å². The summed E-state index contributed by atoms with van der Waals surface area (Å²) >= 11 is 7.53. The van der Waals surface area contributed by atoms with Crippen LogP contribution in [0.25, 0.3) is 0 Å². The lowest BCUT2D eigenvalue weighted by Crippen LogP contribution is -2.39. The maximum Gasteiger partial charge on any atom is 0.0771 e. The van der Waals surface area contributed by atoms with Gasteiger partial charge in [0.05, 0.1) is 10.6 Å². The van der Waals surface area contributed by atoms with Gasteiger partial charge in [0, 0.05) is 23.3 Å². The van der Waals surface area contributed by atoms with Gasteiger partial charge >= 0.3 is 0 Å². The molecule has 2 nitrogen and oxygen atoms in total. The van der Waals surface area contributed by atoms with Gasteiger partial charge in [-0.1, -0.05) is 37.3 Å². The smallest absolute Gasteiger partial charge is 0.0771 e. The topological polar surface area (TPSA) is 32.3 Å². The molecule has 1 heterocycles. The second kappa shape index (κ2) is 6.19. The zero-order valence-electron chi connectivity index (χ0n) is 10.0. The van der Waals surface area contributed by atoms with Crippen LogP contribution >= 0.6 is 22.9 Å². The number of hydrogen-bond acceptors (Lipinski definition) is 3. The Kier molecular flexibility index (Phi) is 4.86. The second-order valence-corrected chi connectivity index (χ2v) is 6.41. The Bertz CT molecular complexity index is 345. The minimum absolute atomic E-state index is 0.489. The van der Waals surface area contributed by atoms with E-state index in [1.165, 1.54) is 17.7 Å². The Morgan fingerprint density at radius 1 is 1.29 bits per heavy atom. The zero-order chi connectivity index (χ0) is 12.1. The molecule has 0 bridgehead atoms. The highest BCUT2D eigenvalue weighted by Crippen LogP contribution is 2.26. The van der Waals surface area contributed by atoms with Crippen molar-refractivity contribution in [3.05, 3.63) is 21.3 Å².